The molecule has 8 heteroatoms. The number of methoxy groups -OCH3 is 1. The number of sulfonamides is 1. The normalized spacial score (nSPS) is 14.3. The number of amides is 1. The smallest absolute Gasteiger partial charge is 0.247 e. The van der Waals surface area contributed by atoms with Crippen LogP contribution >= 0.6 is 0 Å². The molecule has 7 nitrogen and oxygen atoms in total. The Morgan fingerprint density at radius 2 is 1.54 bits per heavy atom. The molecule has 1 fully saturated rings. The Kier molecular flexibility index (Phi) is 7.73. The minimum absolute atomic E-state index is 0.0672. The van der Waals surface area contributed by atoms with Crippen LogP contribution in [0.25, 0.3) is 0 Å². The molecule has 3 aromatic carbocycles. The molecule has 1 aliphatic heterocycles. The summed E-state index contributed by atoms with van der Waals surface area (Å²) < 4.78 is 34.2. The third-order valence-corrected chi connectivity index (χ3v) is 8.02. The summed E-state index contributed by atoms with van der Waals surface area (Å²) in [6.07, 6.45) is 0. The van der Waals surface area contributed by atoms with Crippen molar-refractivity contribution in [1.82, 2.24) is 9.21 Å². The van der Waals surface area contributed by atoms with E-state index in [0.717, 1.165) is 16.8 Å². The maximum absolute atomic E-state index is 13.8. The van der Waals surface area contributed by atoms with Crippen LogP contribution in [0.15, 0.2) is 83.8 Å². The van der Waals surface area contributed by atoms with E-state index in [-0.39, 0.29) is 29.6 Å². The predicted molar refractivity (Wildman–Crippen MR) is 137 cm³/mol. The van der Waals surface area contributed by atoms with Gasteiger partial charge in [-0.1, -0.05) is 54.6 Å². The van der Waals surface area contributed by atoms with Gasteiger partial charge in [-0.05, 0) is 42.3 Å². The fraction of sp³-hybridized carbons (Fsp3) is 0.296. The fourth-order valence-electron chi connectivity index (χ4n) is 4.24. The van der Waals surface area contributed by atoms with E-state index in [1.54, 1.807) is 23.1 Å². The van der Waals surface area contributed by atoms with Gasteiger partial charge < -0.3 is 14.5 Å². The Morgan fingerprint density at radius 3 is 2.17 bits per heavy atom. The van der Waals surface area contributed by atoms with E-state index in [1.807, 2.05) is 55.5 Å². The quantitative estimate of drug-likeness (QED) is 0.480. The highest BCUT2D eigenvalue weighted by Gasteiger charge is 2.32. The molecule has 0 N–H and O–H groups in total. The van der Waals surface area contributed by atoms with Crippen LogP contribution in [0.2, 0.25) is 0 Å². The van der Waals surface area contributed by atoms with E-state index in [2.05, 4.69) is 17.0 Å². The fourth-order valence-corrected chi connectivity index (χ4v) is 5.86. The molecule has 0 unspecified atom stereocenters. The van der Waals surface area contributed by atoms with Crippen molar-refractivity contribution in [1.29, 1.82) is 0 Å². The number of hydrogen-bond acceptors (Lipinski definition) is 5. The van der Waals surface area contributed by atoms with E-state index >= 15 is 0 Å². The Balaban J connectivity index is 1.55. The first-order valence-corrected chi connectivity index (χ1v) is 13.1. The number of carbonyl (C=O) groups excluding carboxylic acids is 1. The van der Waals surface area contributed by atoms with Crippen LogP contribution in [-0.2, 0) is 21.4 Å². The van der Waals surface area contributed by atoms with Crippen LogP contribution in [-0.4, -0.2) is 63.4 Å². The summed E-state index contributed by atoms with van der Waals surface area (Å²) >= 11 is 0. The Labute approximate surface area is 207 Å². The number of rotatable bonds is 8. The molecular formula is C27H31N3O4S. The first kappa shape index (κ1) is 24.8. The summed E-state index contributed by atoms with van der Waals surface area (Å²) in [6, 6.07) is 24.4. The molecule has 0 radical (unpaired) electrons. The molecule has 0 spiro atoms. The van der Waals surface area contributed by atoms with Gasteiger partial charge in [0, 0.05) is 38.4 Å². The second-order valence-electron chi connectivity index (χ2n) is 8.62. The summed E-state index contributed by atoms with van der Waals surface area (Å²) in [5.74, 6) is 0.0569. The summed E-state index contributed by atoms with van der Waals surface area (Å²) in [5, 5.41) is 0. The van der Waals surface area contributed by atoms with Gasteiger partial charge in [-0.3, -0.25) is 4.79 Å². The molecule has 0 saturated carbocycles. The monoisotopic (exact) mass is 493 g/mol. The number of hydrogen-bond donors (Lipinski definition) is 0. The van der Waals surface area contributed by atoms with E-state index in [0.29, 0.717) is 26.2 Å². The average Bonchev–Trinajstić information content (AvgIpc) is 2.89. The van der Waals surface area contributed by atoms with Crippen molar-refractivity contribution in [3.8, 4) is 5.75 Å². The van der Waals surface area contributed by atoms with Crippen molar-refractivity contribution < 1.29 is 17.9 Å². The average molecular weight is 494 g/mol. The summed E-state index contributed by atoms with van der Waals surface area (Å²) in [6.45, 7) is 4.17. The van der Waals surface area contributed by atoms with Crippen molar-refractivity contribution in [3.63, 3.8) is 0 Å². The molecule has 1 aliphatic rings. The SMILES string of the molecule is COc1ccc(C)cc1S(=O)(=O)N(CC(=O)N1CCN(c2ccccc2)CC1)Cc1ccccc1. The second-order valence-corrected chi connectivity index (χ2v) is 10.5. The van der Waals surface area contributed by atoms with Crippen LogP contribution in [0.4, 0.5) is 5.69 Å². The van der Waals surface area contributed by atoms with Gasteiger partial charge in [0.15, 0.2) is 0 Å². The van der Waals surface area contributed by atoms with Crippen molar-refractivity contribution in [2.45, 2.75) is 18.4 Å². The molecule has 0 aliphatic carbocycles. The van der Waals surface area contributed by atoms with Crippen LogP contribution in [0.3, 0.4) is 0 Å². The van der Waals surface area contributed by atoms with Gasteiger partial charge in [-0.25, -0.2) is 8.42 Å². The topological polar surface area (TPSA) is 70.2 Å². The molecule has 1 amide bonds. The zero-order chi connectivity index (χ0) is 24.8. The minimum atomic E-state index is -4.00. The number of nitrogens with zero attached hydrogens (tertiary/aromatic N) is 3. The van der Waals surface area contributed by atoms with E-state index in [1.165, 1.54) is 11.4 Å². The molecule has 35 heavy (non-hydrogen) atoms. The van der Waals surface area contributed by atoms with Crippen molar-refractivity contribution in [2.24, 2.45) is 0 Å². The van der Waals surface area contributed by atoms with Gasteiger partial charge >= 0.3 is 0 Å². The number of anilines is 1. The molecule has 184 valence electrons. The molecule has 4 rings (SSSR count). The lowest BCUT2D eigenvalue weighted by atomic mass is 10.2. The molecule has 0 atom stereocenters. The first-order chi connectivity index (χ1) is 16.9. The third-order valence-electron chi connectivity index (χ3n) is 6.20. The summed E-state index contributed by atoms with van der Waals surface area (Å²) in [4.78, 5) is 17.4. The van der Waals surface area contributed by atoms with Gasteiger partial charge in [0.1, 0.15) is 10.6 Å². The maximum atomic E-state index is 13.8. The van der Waals surface area contributed by atoms with Crippen LogP contribution in [0.1, 0.15) is 11.1 Å². The molecular weight excluding hydrogens is 462 g/mol. The number of piperazine rings is 1. The lowest BCUT2D eigenvalue weighted by Gasteiger charge is -2.37. The van der Waals surface area contributed by atoms with Gasteiger partial charge in [-0.15, -0.1) is 0 Å². The number of carbonyl (C=O) groups is 1. The van der Waals surface area contributed by atoms with E-state index < -0.39 is 10.0 Å². The number of ether oxygens (including phenoxy) is 1. The van der Waals surface area contributed by atoms with Crippen LogP contribution in [0, 0.1) is 6.92 Å². The molecule has 1 heterocycles. The summed E-state index contributed by atoms with van der Waals surface area (Å²) in [7, 11) is -2.55. The molecule has 0 aromatic heterocycles. The maximum Gasteiger partial charge on any atom is 0.247 e. The summed E-state index contributed by atoms with van der Waals surface area (Å²) in [5.41, 5.74) is 2.73. The van der Waals surface area contributed by atoms with Crippen LogP contribution < -0.4 is 9.64 Å². The zero-order valence-electron chi connectivity index (χ0n) is 20.1. The van der Waals surface area contributed by atoms with Crippen molar-refractivity contribution >= 4 is 21.6 Å². The predicted octanol–water partition coefficient (Wildman–Crippen LogP) is 3.54. The zero-order valence-corrected chi connectivity index (χ0v) is 20.9. The number of para-hydroxylation sites is 1. The Hall–Kier alpha value is -3.36. The molecule has 0 bridgehead atoms. The van der Waals surface area contributed by atoms with Crippen molar-refractivity contribution in [3.05, 3.63) is 90.0 Å². The molecule has 3 aromatic rings. The van der Waals surface area contributed by atoms with Crippen LogP contribution in [0.5, 0.6) is 5.75 Å². The lowest BCUT2D eigenvalue weighted by Crippen LogP contribution is -2.51. The van der Waals surface area contributed by atoms with Gasteiger partial charge in [0.2, 0.25) is 15.9 Å². The van der Waals surface area contributed by atoms with Gasteiger partial charge in [0.25, 0.3) is 0 Å². The highest BCUT2D eigenvalue weighted by atomic mass is 32.2. The Bertz CT molecular complexity index is 1240. The first-order valence-electron chi connectivity index (χ1n) is 11.6. The standard InChI is InChI=1S/C27H31N3O4S/c1-22-13-14-25(34-2)26(19-22)35(32,33)30(20-23-9-5-3-6-10-23)21-27(31)29-17-15-28(16-18-29)24-11-7-4-8-12-24/h3-14,19H,15-18,20-21H2,1-2H3. The largest absolute Gasteiger partial charge is 0.495 e. The van der Waals surface area contributed by atoms with Crippen molar-refractivity contribution in [2.75, 3.05) is 44.7 Å². The minimum Gasteiger partial charge on any atom is -0.495 e. The lowest BCUT2D eigenvalue weighted by molar-refractivity contribution is -0.131. The highest BCUT2D eigenvalue weighted by molar-refractivity contribution is 7.89. The number of benzene rings is 3. The number of aryl methyl sites for hydroxylation is 1. The van der Waals surface area contributed by atoms with Gasteiger partial charge in [-0.2, -0.15) is 4.31 Å². The second kappa shape index (κ2) is 10.9. The highest BCUT2D eigenvalue weighted by Crippen LogP contribution is 2.29. The van der Waals surface area contributed by atoms with Gasteiger partial charge in [0.05, 0.1) is 13.7 Å². The Morgan fingerprint density at radius 1 is 0.914 bits per heavy atom. The van der Waals surface area contributed by atoms with E-state index in [9.17, 15) is 13.2 Å². The third kappa shape index (κ3) is 5.83. The molecule has 1 saturated heterocycles. The van der Waals surface area contributed by atoms with E-state index in [4.69, 9.17) is 4.74 Å².